The summed E-state index contributed by atoms with van der Waals surface area (Å²) in [5.41, 5.74) is 15.8. The van der Waals surface area contributed by atoms with E-state index in [1.807, 2.05) is 5.32 Å². The molecular formula is C19H32N6O9. The van der Waals surface area contributed by atoms with E-state index in [0.29, 0.717) is 6.42 Å². The van der Waals surface area contributed by atoms with Crippen molar-refractivity contribution < 1.29 is 43.8 Å². The van der Waals surface area contributed by atoms with Crippen molar-refractivity contribution in [3.8, 4) is 0 Å². The van der Waals surface area contributed by atoms with Crippen LogP contribution in [0.15, 0.2) is 0 Å². The fourth-order valence-electron chi connectivity index (χ4n) is 2.67. The van der Waals surface area contributed by atoms with Gasteiger partial charge >= 0.3 is 11.9 Å². The lowest BCUT2D eigenvalue weighted by atomic mass is 9.99. The van der Waals surface area contributed by atoms with Crippen molar-refractivity contribution in [2.75, 3.05) is 0 Å². The lowest BCUT2D eigenvalue weighted by Gasteiger charge is -2.25. The largest absolute Gasteiger partial charge is 0.481 e. The summed E-state index contributed by atoms with van der Waals surface area (Å²) in [5.74, 6) is -8.15. The number of nitrogens with two attached hydrogens (primary N) is 3. The fraction of sp³-hybridized carbons (Fsp3) is 0.632. The zero-order chi connectivity index (χ0) is 26.6. The summed E-state index contributed by atoms with van der Waals surface area (Å²) in [6, 6.07) is -5.94. The van der Waals surface area contributed by atoms with Gasteiger partial charge in [-0.25, -0.2) is 4.79 Å². The van der Waals surface area contributed by atoms with Gasteiger partial charge in [0.25, 0.3) is 0 Å². The van der Waals surface area contributed by atoms with E-state index >= 15 is 0 Å². The molecule has 0 spiro atoms. The molecule has 15 nitrogen and oxygen atoms in total. The van der Waals surface area contributed by atoms with Gasteiger partial charge in [-0.1, -0.05) is 20.3 Å². The minimum absolute atomic E-state index is 0.277. The molecule has 15 heteroatoms. The molecule has 0 aliphatic rings. The van der Waals surface area contributed by atoms with Crippen molar-refractivity contribution in [2.24, 2.45) is 23.1 Å². The molecule has 0 aromatic rings. The summed E-state index contributed by atoms with van der Waals surface area (Å²) in [6.07, 6.45) is -1.84. The number of nitrogens with one attached hydrogen (secondary N) is 3. The first-order chi connectivity index (χ1) is 15.7. The average Bonchev–Trinajstić information content (AvgIpc) is 2.73. The number of carbonyl (C=O) groups is 7. The Morgan fingerprint density at radius 1 is 0.765 bits per heavy atom. The molecule has 0 heterocycles. The fourth-order valence-corrected chi connectivity index (χ4v) is 2.67. The Morgan fingerprint density at radius 3 is 1.71 bits per heavy atom. The first kappa shape index (κ1) is 30.2. The molecule has 0 bridgehead atoms. The van der Waals surface area contributed by atoms with Crippen LogP contribution in [0.1, 0.15) is 46.0 Å². The van der Waals surface area contributed by atoms with Crippen LogP contribution in [0.3, 0.4) is 0 Å². The first-order valence-corrected chi connectivity index (χ1v) is 10.4. The van der Waals surface area contributed by atoms with Crippen molar-refractivity contribution in [1.29, 1.82) is 0 Å². The van der Waals surface area contributed by atoms with Crippen LogP contribution in [0.2, 0.25) is 0 Å². The molecule has 34 heavy (non-hydrogen) atoms. The maximum absolute atomic E-state index is 12.7. The summed E-state index contributed by atoms with van der Waals surface area (Å²) < 4.78 is 0. The molecule has 192 valence electrons. The number of carboxylic acids is 2. The summed E-state index contributed by atoms with van der Waals surface area (Å²) in [5, 5.41) is 24.7. The number of hydrogen-bond donors (Lipinski definition) is 8. The van der Waals surface area contributed by atoms with E-state index in [2.05, 4.69) is 10.6 Å². The molecular weight excluding hydrogens is 456 g/mol. The molecule has 5 amide bonds. The number of carboxylic acid groups (broad SMARTS) is 2. The maximum Gasteiger partial charge on any atom is 0.326 e. The van der Waals surface area contributed by atoms with Gasteiger partial charge in [0, 0.05) is 6.42 Å². The monoisotopic (exact) mass is 488 g/mol. The molecule has 0 aliphatic heterocycles. The molecule has 0 fully saturated rings. The van der Waals surface area contributed by atoms with Crippen LogP contribution in [0.5, 0.6) is 0 Å². The summed E-state index contributed by atoms with van der Waals surface area (Å²) >= 11 is 0. The van der Waals surface area contributed by atoms with Gasteiger partial charge in [-0.3, -0.25) is 28.8 Å². The third-order valence-electron chi connectivity index (χ3n) is 4.90. The zero-order valence-corrected chi connectivity index (χ0v) is 18.9. The van der Waals surface area contributed by atoms with Crippen LogP contribution in [0, 0.1) is 5.92 Å². The summed E-state index contributed by atoms with van der Waals surface area (Å²) in [6.45, 7) is 3.47. The van der Waals surface area contributed by atoms with E-state index in [-0.39, 0.29) is 12.3 Å². The van der Waals surface area contributed by atoms with Gasteiger partial charge in [0.2, 0.25) is 29.5 Å². The quantitative estimate of drug-likeness (QED) is 0.106. The Balaban J connectivity index is 5.65. The highest BCUT2D eigenvalue weighted by atomic mass is 16.4. The maximum atomic E-state index is 12.7. The van der Waals surface area contributed by atoms with Crippen LogP contribution >= 0.6 is 0 Å². The molecule has 0 aliphatic carbocycles. The van der Waals surface area contributed by atoms with Gasteiger partial charge in [-0.2, -0.15) is 0 Å². The van der Waals surface area contributed by atoms with Gasteiger partial charge in [-0.05, 0) is 12.3 Å². The first-order valence-electron chi connectivity index (χ1n) is 10.4. The number of hydrogen-bond acceptors (Lipinski definition) is 8. The second kappa shape index (κ2) is 14.4. The Labute approximate surface area is 195 Å². The van der Waals surface area contributed by atoms with Gasteiger partial charge in [0.15, 0.2) is 0 Å². The smallest absolute Gasteiger partial charge is 0.326 e. The van der Waals surface area contributed by atoms with E-state index in [1.165, 1.54) is 0 Å². The molecule has 0 aromatic heterocycles. The van der Waals surface area contributed by atoms with Gasteiger partial charge in [-0.15, -0.1) is 0 Å². The minimum atomic E-state index is -1.72. The highest BCUT2D eigenvalue weighted by molar-refractivity contribution is 5.96. The predicted octanol–water partition coefficient (Wildman–Crippen LogP) is -3.49. The second-order valence-corrected chi connectivity index (χ2v) is 7.71. The molecule has 11 N–H and O–H groups in total. The Hall–Kier alpha value is -3.75. The van der Waals surface area contributed by atoms with E-state index in [0.717, 1.165) is 0 Å². The number of amides is 5. The summed E-state index contributed by atoms with van der Waals surface area (Å²) in [7, 11) is 0. The third kappa shape index (κ3) is 11.2. The van der Waals surface area contributed by atoms with Crippen molar-refractivity contribution >= 4 is 41.5 Å². The third-order valence-corrected chi connectivity index (χ3v) is 4.90. The highest BCUT2D eigenvalue weighted by Gasteiger charge is 2.32. The SMILES string of the molecule is CCC(C)C(N)C(=O)NC(CC(=O)O)C(=O)NC(CCC(N)=O)C(=O)NC(CC(N)=O)C(=O)O. The molecule has 5 unspecified atom stereocenters. The van der Waals surface area contributed by atoms with Crippen molar-refractivity contribution in [3.63, 3.8) is 0 Å². The standard InChI is InChI=1S/C19H32N6O9/c1-3-8(2)15(22)18(32)24-10(7-14(28)29)17(31)23-9(4-5-12(20)26)16(30)25-11(19(33)34)6-13(21)27/h8-11,15H,3-7,22H2,1-2H3,(H2,20,26)(H2,21,27)(H,23,31)(H,24,32)(H,25,30)(H,28,29)(H,33,34). The number of primary amides is 2. The average molecular weight is 488 g/mol. The topological polar surface area (TPSA) is 274 Å². The number of rotatable bonds is 16. The van der Waals surface area contributed by atoms with Crippen LogP contribution in [-0.4, -0.2) is 75.9 Å². The zero-order valence-electron chi connectivity index (χ0n) is 18.9. The van der Waals surface area contributed by atoms with Crippen LogP contribution in [-0.2, 0) is 33.6 Å². The van der Waals surface area contributed by atoms with Crippen LogP contribution < -0.4 is 33.2 Å². The Bertz CT molecular complexity index is 803. The Kier molecular flexibility index (Phi) is 12.8. The molecule has 0 radical (unpaired) electrons. The van der Waals surface area contributed by atoms with Crippen molar-refractivity contribution in [2.45, 2.75) is 70.1 Å². The van der Waals surface area contributed by atoms with Crippen LogP contribution in [0.25, 0.3) is 0 Å². The van der Waals surface area contributed by atoms with Crippen molar-refractivity contribution in [3.05, 3.63) is 0 Å². The van der Waals surface area contributed by atoms with Crippen molar-refractivity contribution in [1.82, 2.24) is 16.0 Å². The molecule has 0 rings (SSSR count). The highest BCUT2D eigenvalue weighted by Crippen LogP contribution is 2.07. The van der Waals surface area contributed by atoms with E-state index < -0.39 is 84.9 Å². The molecule has 0 saturated carbocycles. The molecule has 0 aromatic carbocycles. The number of aliphatic carboxylic acids is 2. The lowest BCUT2D eigenvalue weighted by molar-refractivity contribution is -0.144. The number of carbonyl (C=O) groups excluding carboxylic acids is 5. The minimum Gasteiger partial charge on any atom is -0.481 e. The van der Waals surface area contributed by atoms with E-state index in [9.17, 15) is 33.6 Å². The van der Waals surface area contributed by atoms with E-state index in [1.54, 1.807) is 13.8 Å². The van der Waals surface area contributed by atoms with Gasteiger partial charge in [0.05, 0.1) is 18.9 Å². The second-order valence-electron chi connectivity index (χ2n) is 7.71. The molecule has 0 saturated heterocycles. The van der Waals surface area contributed by atoms with Crippen LogP contribution in [0.4, 0.5) is 0 Å². The normalized spacial score (nSPS) is 15.0. The lowest BCUT2D eigenvalue weighted by Crippen LogP contribution is -2.58. The predicted molar refractivity (Wildman–Crippen MR) is 115 cm³/mol. The summed E-state index contributed by atoms with van der Waals surface area (Å²) in [4.78, 5) is 82.3. The van der Waals surface area contributed by atoms with Gasteiger partial charge < -0.3 is 43.4 Å². The Morgan fingerprint density at radius 2 is 1.26 bits per heavy atom. The molecule has 5 atom stereocenters. The van der Waals surface area contributed by atoms with Gasteiger partial charge in [0.1, 0.15) is 18.1 Å². The van der Waals surface area contributed by atoms with E-state index in [4.69, 9.17) is 27.4 Å².